The Balaban J connectivity index is 1.86. The molecule has 3 aromatic rings. The number of ether oxygens (including phenoxy) is 1. The maximum absolute atomic E-state index is 12.1. The highest BCUT2D eigenvalue weighted by molar-refractivity contribution is 7.15. The number of carbonyl (C=O) groups is 1. The van der Waals surface area contributed by atoms with Crippen molar-refractivity contribution in [2.45, 2.75) is 0 Å². The van der Waals surface area contributed by atoms with E-state index in [2.05, 4.69) is 10.3 Å². The number of rotatable bonds is 3. The molecule has 3 rings (SSSR count). The number of amides is 1. The van der Waals surface area contributed by atoms with E-state index in [1.54, 1.807) is 25.4 Å². The third-order valence-electron chi connectivity index (χ3n) is 2.68. The van der Waals surface area contributed by atoms with Gasteiger partial charge in [-0.2, -0.15) is 0 Å². The van der Waals surface area contributed by atoms with Crippen molar-refractivity contribution >= 4 is 27.9 Å². The van der Waals surface area contributed by atoms with Crippen LogP contribution in [-0.2, 0) is 0 Å². The van der Waals surface area contributed by atoms with Crippen LogP contribution < -0.4 is 10.1 Å². The number of nitrogens with one attached hydrogen (secondary N) is 1. The van der Waals surface area contributed by atoms with Crippen molar-refractivity contribution in [3.05, 3.63) is 47.7 Å². The average Bonchev–Trinajstić information content (AvgIpc) is 3.00. The monoisotopic (exact) mass is 273 g/mol. The maximum Gasteiger partial charge on any atom is 0.276 e. The number of nitrogens with zero attached hydrogens (tertiary/aromatic N) is 2. The van der Waals surface area contributed by atoms with Crippen LogP contribution in [-0.4, -0.2) is 22.4 Å². The molecular weight excluding hydrogens is 262 g/mol. The predicted octanol–water partition coefficient (Wildman–Crippen LogP) is 2.66. The highest BCUT2D eigenvalue weighted by atomic mass is 32.1. The number of aromatic nitrogens is 2. The molecule has 0 saturated carbocycles. The van der Waals surface area contributed by atoms with Gasteiger partial charge in [0.05, 0.1) is 12.8 Å². The van der Waals surface area contributed by atoms with Crippen LogP contribution in [0.2, 0.25) is 0 Å². The largest absolute Gasteiger partial charge is 0.495 e. The third-order valence-corrected chi connectivity index (χ3v) is 3.45. The second-order valence-corrected chi connectivity index (χ2v) is 4.75. The predicted molar refractivity (Wildman–Crippen MR) is 74.0 cm³/mol. The van der Waals surface area contributed by atoms with E-state index in [-0.39, 0.29) is 5.91 Å². The number of methoxy groups -OCH3 is 1. The molecule has 5 nitrogen and oxygen atoms in total. The van der Waals surface area contributed by atoms with Gasteiger partial charge in [0, 0.05) is 17.8 Å². The average molecular weight is 273 g/mol. The van der Waals surface area contributed by atoms with Crippen molar-refractivity contribution in [1.82, 2.24) is 9.38 Å². The van der Waals surface area contributed by atoms with Gasteiger partial charge in [0.25, 0.3) is 5.91 Å². The van der Waals surface area contributed by atoms with Crippen molar-refractivity contribution in [1.29, 1.82) is 0 Å². The summed E-state index contributed by atoms with van der Waals surface area (Å²) in [5.41, 5.74) is 1.02. The van der Waals surface area contributed by atoms with Crippen LogP contribution >= 0.6 is 11.3 Å². The normalized spacial score (nSPS) is 10.6. The third kappa shape index (κ3) is 2.17. The molecule has 0 aliphatic rings. The summed E-state index contributed by atoms with van der Waals surface area (Å²) in [7, 11) is 1.57. The molecule has 1 amide bonds. The van der Waals surface area contributed by atoms with Gasteiger partial charge in [-0.15, -0.1) is 11.3 Å². The Labute approximate surface area is 113 Å². The number of para-hydroxylation sites is 2. The summed E-state index contributed by atoms with van der Waals surface area (Å²) < 4.78 is 7.01. The number of hydrogen-bond acceptors (Lipinski definition) is 4. The maximum atomic E-state index is 12.1. The summed E-state index contributed by atoms with van der Waals surface area (Å²) in [4.78, 5) is 17.2. The smallest absolute Gasteiger partial charge is 0.276 e. The van der Waals surface area contributed by atoms with E-state index in [1.807, 2.05) is 28.1 Å². The molecule has 96 valence electrons. The highest BCUT2D eigenvalue weighted by Gasteiger charge is 2.13. The zero-order chi connectivity index (χ0) is 13.2. The van der Waals surface area contributed by atoms with E-state index in [9.17, 15) is 4.79 Å². The van der Waals surface area contributed by atoms with Gasteiger partial charge in [0.15, 0.2) is 4.96 Å². The molecule has 0 unspecified atom stereocenters. The molecule has 1 N–H and O–H groups in total. The second-order valence-electron chi connectivity index (χ2n) is 3.87. The first kappa shape index (κ1) is 11.7. The van der Waals surface area contributed by atoms with E-state index < -0.39 is 0 Å². The lowest BCUT2D eigenvalue weighted by molar-refractivity contribution is 0.102. The molecule has 0 radical (unpaired) electrons. The van der Waals surface area contributed by atoms with Crippen molar-refractivity contribution in [3.63, 3.8) is 0 Å². The first-order valence-electron chi connectivity index (χ1n) is 5.64. The van der Waals surface area contributed by atoms with Crippen molar-refractivity contribution in [3.8, 4) is 5.75 Å². The fourth-order valence-corrected chi connectivity index (χ4v) is 2.47. The van der Waals surface area contributed by atoms with Gasteiger partial charge in [0.1, 0.15) is 11.4 Å². The van der Waals surface area contributed by atoms with E-state index in [0.29, 0.717) is 17.1 Å². The first-order chi connectivity index (χ1) is 9.28. The van der Waals surface area contributed by atoms with Gasteiger partial charge in [-0.25, -0.2) is 4.98 Å². The minimum Gasteiger partial charge on any atom is -0.495 e. The van der Waals surface area contributed by atoms with Gasteiger partial charge >= 0.3 is 0 Å². The molecule has 0 bridgehead atoms. The number of thiazole rings is 1. The summed E-state index contributed by atoms with van der Waals surface area (Å²) in [5, 5.41) is 4.71. The van der Waals surface area contributed by atoms with Crippen LogP contribution in [0.15, 0.2) is 42.0 Å². The van der Waals surface area contributed by atoms with E-state index in [1.165, 1.54) is 11.3 Å². The lowest BCUT2D eigenvalue weighted by atomic mass is 10.3. The molecule has 6 heteroatoms. The van der Waals surface area contributed by atoms with Gasteiger partial charge in [-0.1, -0.05) is 12.1 Å². The van der Waals surface area contributed by atoms with E-state index >= 15 is 0 Å². The molecule has 1 aromatic carbocycles. The van der Waals surface area contributed by atoms with E-state index in [4.69, 9.17) is 4.74 Å². The Bertz CT molecular complexity index is 704. The highest BCUT2D eigenvalue weighted by Crippen LogP contribution is 2.23. The lowest BCUT2D eigenvalue weighted by Crippen LogP contribution is -2.12. The molecular formula is C13H11N3O2S. The molecule has 0 spiro atoms. The summed E-state index contributed by atoms with van der Waals surface area (Å²) in [6.07, 6.45) is 3.57. The number of carbonyl (C=O) groups excluding carboxylic acids is 1. The minimum atomic E-state index is -0.250. The van der Waals surface area contributed by atoms with Crippen LogP contribution in [0.4, 0.5) is 5.69 Å². The minimum absolute atomic E-state index is 0.250. The molecule has 0 saturated heterocycles. The Morgan fingerprint density at radius 2 is 2.26 bits per heavy atom. The second kappa shape index (κ2) is 4.74. The molecule has 0 atom stereocenters. The summed E-state index contributed by atoms with van der Waals surface area (Å²) in [5.74, 6) is 0.372. The van der Waals surface area contributed by atoms with Crippen molar-refractivity contribution < 1.29 is 9.53 Å². The Morgan fingerprint density at radius 3 is 3.05 bits per heavy atom. The van der Waals surface area contributed by atoms with Crippen LogP contribution in [0.5, 0.6) is 5.75 Å². The topological polar surface area (TPSA) is 55.6 Å². The van der Waals surface area contributed by atoms with Crippen LogP contribution in [0, 0.1) is 0 Å². The fraction of sp³-hybridized carbons (Fsp3) is 0.0769. The SMILES string of the molecule is COc1ccccc1NC(=O)c1cn2ccsc2n1. The summed E-state index contributed by atoms with van der Waals surface area (Å²) in [6, 6.07) is 7.27. The number of imidazole rings is 1. The van der Waals surface area contributed by atoms with Crippen molar-refractivity contribution in [2.75, 3.05) is 12.4 Å². The summed E-state index contributed by atoms with van der Waals surface area (Å²) >= 11 is 1.49. The van der Waals surface area contributed by atoms with Crippen LogP contribution in [0.25, 0.3) is 4.96 Å². The molecule has 0 aliphatic heterocycles. The van der Waals surface area contributed by atoms with Gasteiger partial charge in [0.2, 0.25) is 0 Å². The quantitative estimate of drug-likeness (QED) is 0.798. The van der Waals surface area contributed by atoms with Crippen LogP contribution in [0.3, 0.4) is 0 Å². The first-order valence-corrected chi connectivity index (χ1v) is 6.52. The number of fused-ring (bicyclic) bond motifs is 1. The number of benzene rings is 1. The molecule has 2 aromatic heterocycles. The lowest BCUT2D eigenvalue weighted by Gasteiger charge is -2.08. The molecule has 0 aliphatic carbocycles. The fourth-order valence-electron chi connectivity index (χ4n) is 1.77. The Kier molecular flexibility index (Phi) is 2.92. The van der Waals surface area contributed by atoms with Crippen LogP contribution in [0.1, 0.15) is 10.5 Å². The Hall–Kier alpha value is -2.34. The number of anilines is 1. The zero-order valence-corrected chi connectivity index (χ0v) is 11.0. The summed E-state index contributed by atoms with van der Waals surface area (Å²) in [6.45, 7) is 0. The standard InChI is InChI=1S/C13H11N3O2S/c1-18-11-5-3-2-4-9(11)14-12(17)10-8-16-6-7-19-13(16)15-10/h2-8H,1H3,(H,14,17). The van der Waals surface area contributed by atoms with Gasteiger partial charge in [-0.3, -0.25) is 9.20 Å². The Morgan fingerprint density at radius 1 is 1.42 bits per heavy atom. The van der Waals surface area contributed by atoms with Gasteiger partial charge in [-0.05, 0) is 12.1 Å². The molecule has 2 heterocycles. The van der Waals surface area contributed by atoms with Crippen molar-refractivity contribution in [2.24, 2.45) is 0 Å². The zero-order valence-electron chi connectivity index (χ0n) is 10.2. The van der Waals surface area contributed by atoms with E-state index in [0.717, 1.165) is 4.96 Å². The molecule has 0 fully saturated rings. The van der Waals surface area contributed by atoms with Gasteiger partial charge < -0.3 is 10.1 Å². The molecule has 19 heavy (non-hydrogen) atoms. The number of hydrogen-bond donors (Lipinski definition) is 1.